The van der Waals surface area contributed by atoms with E-state index in [9.17, 15) is 0 Å². The molecule has 0 spiro atoms. The Balaban J connectivity index is 0.000000873. The number of thiocyanates is 1. The van der Waals surface area contributed by atoms with Crippen molar-refractivity contribution in [2.75, 3.05) is 20.1 Å². The lowest BCUT2D eigenvalue weighted by Gasteiger charge is -2.29. The third-order valence-corrected chi connectivity index (χ3v) is 3.69. The van der Waals surface area contributed by atoms with Gasteiger partial charge in [-0.15, -0.1) is 0 Å². The van der Waals surface area contributed by atoms with Crippen LogP contribution in [0.2, 0.25) is 0 Å². The Labute approximate surface area is 119 Å². The Morgan fingerprint density at radius 2 is 1.83 bits per heavy atom. The summed E-state index contributed by atoms with van der Waals surface area (Å²) in [6, 6.07) is 0. The van der Waals surface area contributed by atoms with Crippen LogP contribution in [-0.4, -0.2) is 25.0 Å². The molecule has 2 nitrogen and oxygen atoms in total. The van der Waals surface area contributed by atoms with Crippen LogP contribution < -0.4 is 0 Å². The van der Waals surface area contributed by atoms with Crippen LogP contribution in [0.5, 0.6) is 0 Å². The predicted molar refractivity (Wildman–Crippen MR) is 82.8 cm³/mol. The monoisotopic (exact) mass is 270 g/mol. The van der Waals surface area contributed by atoms with Crippen molar-refractivity contribution in [3.63, 3.8) is 0 Å². The highest BCUT2D eigenvalue weighted by molar-refractivity contribution is 7.85. The van der Waals surface area contributed by atoms with Crippen LogP contribution in [0, 0.1) is 16.6 Å². The maximum atomic E-state index is 7.18. The quantitative estimate of drug-likeness (QED) is 0.419. The van der Waals surface area contributed by atoms with Gasteiger partial charge in [0.1, 0.15) is 5.40 Å². The average molecular weight is 270 g/mol. The molecule has 1 atom stereocenters. The summed E-state index contributed by atoms with van der Waals surface area (Å²) in [4.78, 5) is 2.51. The van der Waals surface area contributed by atoms with Gasteiger partial charge in [-0.1, -0.05) is 58.1 Å². The molecule has 1 saturated heterocycles. The standard InChI is InChI=1S/C14H29N.CHNS/c1-3-4-5-6-7-8-10-14-11-9-12-15(2)13-14;2-1-3/h14H,3-13H2,1-2H3;3H. The summed E-state index contributed by atoms with van der Waals surface area (Å²) in [5.41, 5.74) is 0. The molecule has 1 heterocycles. The highest BCUT2D eigenvalue weighted by Gasteiger charge is 2.15. The molecule has 0 radical (unpaired) electrons. The summed E-state index contributed by atoms with van der Waals surface area (Å²) in [5.74, 6) is 1.01. The predicted octanol–water partition coefficient (Wildman–Crippen LogP) is 4.48. The van der Waals surface area contributed by atoms with E-state index in [0.29, 0.717) is 0 Å². The minimum absolute atomic E-state index is 1.01. The lowest BCUT2D eigenvalue weighted by molar-refractivity contribution is 0.199. The number of piperidine rings is 1. The van der Waals surface area contributed by atoms with E-state index in [4.69, 9.17) is 5.26 Å². The highest BCUT2D eigenvalue weighted by Crippen LogP contribution is 2.21. The van der Waals surface area contributed by atoms with Gasteiger partial charge in [0.25, 0.3) is 0 Å². The number of hydrogen-bond donors (Lipinski definition) is 1. The maximum absolute atomic E-state index is 7.18. The van der Waals surface area contributed by atoms with Gasteiger partial charge in [0.2, 0.25) is 0 Å². The molecule has 0 N–H and O–H groups in total. The summed E-state index contributed by atoms with van der Waals surface area (Å²) in [6.45, 7) is 4.97. The van der Waals surface area contributed by atoms with Crippen LogP contribution in [0.4, 0.5) is 0 Å². The van der Waals surface area contributed by atoms with E-state index in [2.05, 4.69) is 31.5 Å². The van der Waals surface area contributed by atoms with Gasteiger partial charge in [-0.05, 0) is 38.8 Å². The van der Waals surface area contributed by atoms with Gasteiger partial charge < -0.3 is 4.90 Å². The van der Waals surface area contributed by atoms with Crippen molar-refractivity contribution in [3.8, 4) is 5.40 Å². The second-order valence-corrected chi connectivity index (χ2v) is 5.63. The SMILES string of the molecule is CCCCCCCCC1CCCN(C)C1.N#CS. The Morgan fingerprint density at radius 3 is 2.44 bits per heavy atom. The minimum Gasteiger partial charge on any atom is -0.306 e. The zero-order valence-corrected chi connectivity index (χ0v) is 13.1. The van der Waals surface area contributed by atoms with Gasteiger partial charge in [-0.25, -0.2) is 0 Å². The molecule has 18 heavy (non-hydrogen) atoms. The molecule has 106 valence electrons. The highest BCUT2D eigenvalue weighted by atomic mass is 32.1. The van der Waals surface area contributed by atoms with Crippen molar-refractivity contribution < 1.29 is 0 Å². The maximum Gasteiger partial charge on any atom is 0.130 e. The third-order valence-electron chi connectivity index (χ3n) is 3.69. The van der Waals surface area contributed by atoms with Crippen LogP contribution in [0.1, 0.15) is 64.7 Å². The van der Waals surface area contributed by atoms with Crippen LogP contribution >= 0.6 is 12.6 Å². The molecule has 1 aliphatic rings. The van der Waals surface area contributed by atoms with Crippen LogP contribution in [0.3, 0.4) is 0 Å². The van der Waals surface area contributed by atoms with E-state index in [1.807, 2.05) is 0 Å². The van der Waals surface area contributed by atoms with Crippen molar-refractivity contribution in [3.05, 3.63) is 0 Å². The minimum atomic E-state index is 1.01. The molecule has 0 aromatic carbocycles. The summed E-state index contributed by atoms with van der Waals surface area (Å²) in [7, 11) is 2.27. The van der Waals surface area contributed by atoms with Crippen molar-refractivity contribution >= 4 is 12.6 Å². The zero-order valence-electron chi connectivity index (χ0n) is 12.2. The Kier molecular flexibility index (Phi) is 13.1. The van der Waals surface area contributed by atoms with E-state index in [0.717, 1.165) is 5.92 Å². The normalized spacial score (nSPS) is 19.8. The molecule has 3 heteroatoms. The fraction of sp³-hybridized carbons (Fsp3) is 0.933. The number of rotatable bonds is 7. The van der Waals surface area contributed by atoms with E-state index in [-0.39, 0.29) is 0 Å². The fourth-order valence-corrected chi connectivity index (χ4v) is 2.72. The molecule has 1 fully saturated rings. The van der Waals surface area contributed by atoms with Gasteiger partial charge in [0, 0.05) is 6.54 Å². The number of hydrogen-bond acceptors (Lipinski definition) is 3. The van der Waals surface area contributed by atoms with Gasteiger partial charge in [0.05, 0.1) is 0 Å². The fourth-order valence-electron chi connectivity index (χ4n) is 2.72. The number of unbranched alkanes of at least 4 members (excludes halogenated alkanes) is 5. The average Bonchev–Trinajstić information content (AvgIpc) is 2.35. The van der Waals surface area contributed by atoms with Crippen LogP contribution in [0.25, 0.3) is 0 Å². The molecule has 0 saturated carbocycles. The van der Waals surface area contributed by atoms with Crippen molar-refractivity contribution in [1.82, 2.24) is 4.90 Å². The first-order valence-electron chi connectivity index (χ1n) is 7.46. The molecular weight excluding hydrogens is 240 g/mol. The summed E-state index contributed by atoms with van der Waals surface area (Å²) >= 11 is 3.09. The summed E-state index contributed by atoms with van der Waals surface area (Å²) < 4.78 is 0. The number of thiol groups is 1. The number of likely N-dealkylation sites (tertiary alicyclic amines) is 1. The van der Waals surface area contributed by atoms with Crippen LogP contribution in [-0.2, 0) is 0 Å². The summed E-state index contributed by atoms with van der Waals surface area (Å²) in [5, 5.41) is 8.63. The first-order valence-corrected chi connectivity index (χ1v) is 7.91. The van der Waals surface area contributed by atoms with Gasteiger partial charge in [-0.2, -0.15) is 5.26 Å². The second kappa shape index (κ2) is 13.2. The van der Waals surface area contributed by atoms with Gasteiger partial charge in [-0.3, -0.25) is 0 Å². The molecule has 0 aromatic rings. The number of nitriles is 1. The lowest BCUT2D eigenvalue weighted by Crippen LogP contribution is -2.31. The number of nitrogens with zero attached hydrogens (tertiary/aromatic N) is 2. The van der Waals surface area contributed by atoms with Crippen LogP contribution in [0.15, 0.2) is 0 Å². The van der Waals surface area contributed by atoms with Crippen molar-refractivity contribution in [2.24, 2.45) is 5.92 Å². The second-order valence-electron chi connectivity index (χ2n) is 5.43. The van der Waals surface area contributed by atoms with Crippen molar-refractivity contribution in [1.29, 1.82) is 5.26 Å². The van der Waals surface area contributed by atoms with Gasteiger partial charge >= 0.3 is 0 Å². The summed E-state index contributed by atoms with van der Waals surface area (Å²) in [6.07, 6.45) is 13.1. The Morgan fingerprint density at radius 1 is 1.22 bits per heavy atom. The smallest absolute Gasteiger partial charge is 0.130 e. The molecule has 0 aliphatic carbocycles. The van der Waals surface area contributed by atoms with Crippen molar-refractivity contribution in [2.45, 2.75) is 64.7 Å². The molecule has 0 aromatic heterocycles. The first kappa shape index (κ1) is 17.8. The molecule has 1 rings (SSSR count). The Bertz CT molecular complexity index is 213. The molecule has 0 bridgehead atoms. The van der Waals surface area contributed by atoms with E-state index < -0.39 is 0 Å². The third kappa shape index (κ3) is 10.9. The van der Waals surface area contributed by atoms with E-state index in [1.54, 1.807) is 0 Å². The van der Waals surface area contributed by atoms with Gasteiger partial charge in [0.15, 0.2) is 0 Å². The molecule has 1 aliphatic heterocycles. The molecular formula is C15H30N2S. The molecule has 0 amide bonds. The molecule has 1 unspecified atom stereocenters. The lowest BCUT2D eigenvalue weighted by atomic mass is 9.92. The topological polar surface area (TPSA) is 27.0 Å². The van der Waals surface area contributed by atoms with E-state index >= 15 is 0 Å². The first-order chi connectivity index (χ1) is 8.74. The largest absolute Gasteiger partial charge is 0.306 e. The van der Waals surface area contributed by atoms with E-state index in [1.165, 1.54) is 76.3 Å². The Hall–Kier alpha value is -0.200. The zero-order chi connectivity index (χ0) is 13.6.